The largest absolute Gasteiger partial charge is 0.327 e. The molecule has 80 valence electrons. The summed E-state index contributed by atoms with van der Waals surface area (Å²) in [6, 6.07) is 10.9. The molecule has 1 heteroatoms. The first-order valence-electron chi connectivity index (χ1n) is 5.70. The normalized spacial score (nSPS) is 25.7. The van der Waals surface area contributed by atoms with Crippen LogP contribution in [0, 0.1) is 11.8 Å². The van der Waals surface area contributed by atoms with Crippen LogP contribution in [-0.2, 0) is 0 Å². The monoisotopic (exact) mass is 201 g/mol. The van der Waals surface area contributed by atoms with E-state index in [4.69, 9.17) is 5.73 Å². The van der Waals surface area contributed by atoms with E-state index in [0.29, 0.717) is 17.9 Å². The topological polar surface area (TPSA) is 26.0 Å². The third kappa shape index (κ3) is 2.48. The van der Waals surface area contributed by atoms with Gasteiger partial charge in [-0.1, -0.05) is 55.8 Å². The van der Waals surface area contributed by atoms with Gasteiger partial charge >= 0.3 is 0 Å². The van der Waals surface area contributed by atoms with Gasteiger partial charge in [0.1, 0.15) is 0 Å². The van der Waals surface area contributed by atoms with Gasteiger partial charge in [0.15, 0.2) is 0 Å². The summed E-state index contributed by atoms with van der Waals surface area (Å²) < 4.78 is 0. The Bertz CT molecular complexity index is 351. The lowest BCUT2D eigenvalue weighted by molar-refractivity contribution is 0.699. The van der Waals surface area contributed by atoms with Gasteiger partial charge in [0.25, 0.3) is 0 Å². The zero-order chi connectivity index (χ0) is 10.8. The predicted molar refractivity (Wildman–Crippen MR) is 65.3 cm³/mol. The van der Waals surface area contributed by atoms with Crippen molar-refractivity contribution in [3.05, 3.63) is 41.5 Å². The number of benzene rings is 1. The molecule has 0 saturated heterocycles. The fourth-order valence-electron chi connectivity index (χ4n) is 2.04. The van der Waals surface area contributed by atoms with Crippen LogP contribution < -0.4 is 5.73 Å². The van der Waals surface area contributed by atoms with E-state index in [1.54, 1.807) is 0 Å². The summed E-state index contributed by atoms with van der Waals surface area (Å²) in [7, 11) is 0. The molecule has 0 spiro atoms. The Morgan fingerprint density at radius 1 is 1.33 bits per heavy atom. The molecule has 1 aromatic rings. The van der Waals surface area contributed by atoms with Gasteiger partial charge < -0.3 is 5.73 Å². The summed E-state index contributed by atoms with van der Waals surface area (Å²) in [5, 5.41) is 0. The van der Waals surface area contributed by atoms with Crippen molar-refractivity contribution in [3.8, 4) is 0 Å². The van der Waals surface area contributed by atoms with E-state index in [1.165, 1.54) is 11.1 Å². The second-order valence-corrected chi connectivity index (χ2v) is 4.72. The van der Waals surface area contributed by atoms with Crippen molar-refractivity contribution in [2.24, 2.45) is 17.6 Å². The quantitative estimate of drug-likeness (QED) is 0.799. The van der Waals surface area contributed by atoms with E-state index in [0.717, 1.165) is 6.42 Å². The maximum absolute atomic E-state index is 5.92. The van der Waals surface area contributed by atoms with E-state index in [9.17, 15) is 0 Å². The second kappa shape index (κ2) is 4.19. The predicted octanol–water partition coefficient (Wildman–Crippen LogP) is 3.07. The molecule has 2 atom stereocenters. The highest BCUT2D eigenvalue weighted by Gasteiger charge is 2.37. The van der Waals surface area contributed by atoms with Gasteiger partial charge in [0, 0.05) is 6.04 Å². The fourth-order valence-corrected chi connectivity index (χ4v) is 2.04. The Balaban J connectivity index is 2.21. The number of hydrogen-bond donors (Lipinski definition) is 1. The zero-order valence-corrected chi connectivity index (χ0v) is 9.48. The zero-order valence-electron chi connectivity index (χ0n) is 9.48. The standard InChI is InChI=1S/C14H19N/c1-10(2)12(13-9-14(13)15)8-11-6-4-3-5-7-11/h3-8,10,13-14H,9,15H2,1-2H3/t13-,14+/m0/s1. The molecule has 2 rings (SSSR count). The molecular weight excluding hydrogens is 182 g/mol. The van der Waals surface area contributed by atoms with E-state index in [-0.39, 0.29) is 0 Å². The third-order valence-corrected chi connectivity index (χ3v) is 3.07. The molecule has 1 nitrogen and oxygen atoms in total. The van der Waals surface area contributed by atoms with Crippen LogP contribution in [-0.4, -0.2) is 6.04 Å². The van der Waals surface area contributed by atoms with Gasteiger partial charge in [-0.15, -0.1) is 0 Å². The minimum absolute atomic E-state index is 0.405. The minimum Gasteiger partial charge on any atom is -0.327 e. The van der Waals surface area contributed by atoms with Crippen LogP contribution >= 0.6 is 0 Å². The molecule has 0 bridgehead atoms. The smallest absolute Gasteiger partial charge is 0.0112 e. The van der Waals surface area contributed by atoms with Crippen LogP contribution in [0.25, 0.3) is 6.08 Å². The van der Waals surface area contributed by atoms with Crippen molar-refractivity contribution >= 4 is 6.08 Å². The maximum Gasteiger partial charge on any atom is 0.0112 e. The van der Waals surface area contributed by atoms with Crippen LogP contribution in [0.3, 0.4) is 0 Å². The summed E-state index contributed by atoms with van der Waals surface area (Å²) in [6.45, 7) is 4.50. The van der Waals surface area contributed by atoms with Crippen molar-refractivity contribution < 1.29 is 0 Å². The molecule has 15 heavy (non-hydrogen) atoms. The molecule has 1 aliphatic rings. The first kappa shape index (κ1) is 10.4. The summed E-state index contributed by atoms with van der Waals surface area (Å²) in [4.78, 5) is 0. The lowest BCUT2D eigenvalue weighted by Gasteiger charge is -2.10. The van der Waals surface area contributed by atoms with Crippen LogP contribution in [0.15, 0.2) is 35.9 Å². The molecule has 0 aromatic heterocycles. The Kier molecular flexibility index (Phi) is 2.92. The Morgan fingerprint density at radius 2 is 1.93 bits per heavy atom. The van der Waals surface area contributed by atoms with E-state index in [1.807, 2.05) is 0 Å². The van der Waals surface area contributed by atoms with E-state index >= 15 is 0 Å². The highest BCUT2D eigenvalue weighted by Crippen LogP contribution is 2.39. The summed E-state index contributed by atoms with van der Waals surface area (Å²) >= 11 is 0. The van der Waals surface area contributed by atoms with Crippen molar-refractivity contribution in [1.29, 1.82) is 0 Å². The molecule has 0 radical (unpaired) electrons. The molecule has 0 aliphatic heterocycles. The maximum atomic E-state index is 5.92. The summed E-state index contributed by atoms with van der Waals surface area (Å²) in [6.07, 6.45) is 3.47. The van der Waals surface area contributed by atoms with Gasteiger partial charge in [-0.3, -0.25) is 0 Å². The molecule has 0 unspecified atom stereocenters. The molecular formula is C14H19N. The lowest BCUT2D eigenvalue weighted by Crippen LogP contribution is -2.06. The van der Waals surface area contributed by atoms with Gasteiger partial charge in [0.05, 0.1) is 0 Å². The van der Waals surface area contributed by atoms with E-state index < -0.39 is 0 Å². The van der Waals surface area contributed by atoms with Crippen molar-refractivity contribution in [1.82, 2.24) is 0 Å². The summed E-state index contributed by atoms with van der Waals surface area (Å²) in [5.41, 5.74) is 8.72. The number of hydrogen-bond acceptors (Lipinski definition) is 1. The van der Waals surface area contributed by atoms with Crippen LogP contribution in [0.2, 0.25) is 0 Å². The third-order valence-electron chi connectivity index (χ3n) is 3.07. The average molecular weight is 201 g/mol. The van der Waals surface area contributed by atoms with E-state index in [2.05, 4.69) is 50.3 Å². The Morgan fingerprint density at radius 3 is 2.40 bits per heavy atom. The van der Waals surface area contributed by atoms with Crippen LogP contribution in [0.5, 0.6) is 0 Å². The number of rotatable bonds is 3. The average Bonchev–Trinajstić information content (AvgIpc) is 2.93. The second-order valence-electron chi connectivity index (χ2n) is 4.72. The molecule has 0 amide bonds. The highest BCUT2D eigenvalue weighted by atomic mass is 14.7. The van der Waals surface area contributed by atoms with Gasteiger partial charge in [0.2, 0.25) is 0 Å². The SMILES string of the molecule is CC(C)C(=Cc1ccccc1)[C@@H]1C[C@H]1N. The molecule has 1 aliphatic carbocycles. The minimum atomic E-state index is 0.405. The van der Waals surface area contributed by atoms with Gasteiger partial charge in [-0.05, 0) is 23.8 Å². The van der Waals surface area contributed by atoms with Gasteiger partial charge in [-0.2, -0.15) is 0 Å². The molecule has 0 heterocycles. The van der Waals surface area contributed by atoms with Crippen LogP contribution in [0.1, 0.15) is 25.8 Å². The van der Waals surface area contributed by atoms with Crippen molar-refractivity contribution in [3.63, 3.8) is 0 Å². The van der Waals surface area contributed by atoms with Gasteiger partial charge in [-0.25, -0.2) is 0 Å². The van der Waals surface area contributed by atoms with Crippen molar-refractivity contribution in [2.45, 2.75) is 26.3 Å². The Labute approximate surface area is 92.0 Å². The number of nitrogens with two attached hydrogens (primary N) is 1. The fraction of sp³-hybridized carbons (Fsp3) is 0.429. The molecule has 1 fully saturated rings. The first-order chi connectivity index (χ1) is 7.18. The first-order valence-corrected chi connectivity index (χ1v) is 5.70. The molecule has 1 aromatic carbocycles. The lowest BCUT2D eigenvalue weighted by atomic mass is 9.96. The van der Waals surface area contributed by atoms with Crippen LogP contribution in [0.4, 0.5) is 0 Å². The highest BCUT2D eigenvalue weighted by molar-refractivity contribution is 5.55. The molecule has 2 N–H and O–H groups in total. The molecule has 1 saturated carbocycles. The Hall–Kier alpha value is -1.08. The summed E-state index contributed by atoms with van der Waals surface area (Å²) in [5.74, 6) is 1.23. The van der Waals surface area contributed by atoms with Crippen molar-refractivity contribution in [2.75, 3.05) is 0 Å².